The summed E-state index contributed by atoms with van der Waals surface area (Å²) in [6, 6.07) is 18.5. The maximum absolute atomic E-state index is 4.53. The highest BCUT2D eigenvalue weighted by molar-refractivity contribution is 6.01. The first-order valence-electron chi connectivity index (χ1n) is 9.64. The lowest BCUT2D eigenvalue weighted by Crippen LogP contribution is -1.83. The first-order chi connectivity index (χ1) is 14.9. The van der Waals surface area contributed by atoms with Crippen LogP contribution in [0, 0.1) is 0 Å². The van der Waals surface area contributed by atoms with Crippen molar-refractivity contribution in [2.75, 3.05) is 0 Å². The second kappa shape index (κ2) is 6.63. The van der Waals surface area contributed by atoms with E-state index in [-0.39, 0.29) is 0 Å². The van der Waals surface area contributed by atoms with Gasteiger partial charge in [0.15, 0.2) is 5.65 Å². The number of aromatic nitrogens is 6. The van der Waals surface area contributed by atoms with Crippen LogP contribution < -0.4 is 0 Å². The molecule has 0 aliphatic heterocycles. The van der Waals surface area contributed by atoms with Crippen LogP contribution >= 0.6 is 0 Å². The molecule has 5 heterocycles. The molecule has 0 bridgehead atoms. The van der Waals surface area contributed by atoms with Crippen molar-refractivity contribution in [1.29, 1.82) is 0 Å². The standard InChI is InChI=1S/C24H16N6/c1-6-18(16-5-3-9-26-13-16)19-11-22(28-21(19)7-1)23-20-10-17(14-27-24(20)30-29-23)15-4-2-8-25-12-15/h1-14,28H,(H,27,29,30). The molecule has 0 radical (unpaired) electrons. The van der Waals surface area contributed by atoms with Crippen molar-refractivity contribution in [2.45, 2.75) is 0 Å². The second-order valence-corrected chi connectivity index (χ2v) is 7.13. The Labute approximate surface area is 171 Å². The molecule has 0 atom stereocenters. The molecule has 142 valence electrons. The summed E-state index contributed by atoms with van der Waals surface area (Å²) in [4.78, 5) is 16.5. The zero-order chi connectivity index (χ0) is 19.9. The third kappa shape index (κ3) is 2.66. The third-order valence-corrected chi connectivity index (χ3v) is 5.31. The van der Waals surface area contributed by atoms with Crippen molar-refractivity contribution >= 4 is 21.9 Å². The number of H-pyrrole nitrogens is 2. The Morgan fingerprint density at radius 2 is 1.53 bits per heavy atom. The van der Waals surface area contributed by atoms with E-state index in [0.717, 1.165) is 49.9 Å². The zero-order valence-electron chi connectivity index (χ0n) is 15.9. The van der Waals surface area contributed by atoms with Crippen LogP contribution in [-0.2, 0) is 0 Å². The molecule has 0 saturated carbocycles. The molecule has 6 heteroatoms. The largest absolute Gasteiger partial charge is 0.353 e. The van der Waals surface area contributed by atoms with Crippen LogP contribution in [0.3, 0.4) is 0 Å². The van der Waals surface area contributed by atoms with Gasteiger partial charge in [0.2, 0.25) is 0 Å². The predicted octanol–water partition coefficient (Wildman–Crippen LogP) is 5.23. The molecule has 1 aromatic carbocycles. The van der Waals surface area contributed by atoms with Gasteiger partial charge in [-0.3, -0.25) is 15.1 Å². The highest BCUT2D eigenvalue weighted by Crippen LogP contribution is 2.34. The van der Waals surface area contributed by atoms with Gasteiger partial charge in [-0.25, -0.2) is 4.98 Å². The van der Waals surface area contributed by atoms with E-state index in [1.165, 1.54) is 0 Å². The smallest absolute Gasteiger partial charge is 0.181 e. The van der Waals surface area contributed by atoms with Gasteiger partial charge < -0.3 is 4.98 Å². The number of hydrogen-bond acceptors (Lipinski definition) is 4. The molecule has 0 saturated heterocycles. The van der Waals surface area contributed by atoms with E-state index in [1.54, 1.807) is 12.4 Å². The van der Waals surface area contributed by atoms with Crippen LogP contribution in [0.4, 0.5) is 0 Å². The maximum Gasteiger partial charge on any atom is 0.181 e. The van der Waals surface area contributed by atoms with Crippen LogP contribution in [0.1, 0.15) is 0 Å². The molecule has 6 aromatic rings. The molecule has 0 aliphatic rings. The summed E-state index contributed by atoms with van der Waals surface area (Å²) in [5.74, 6) is 0. The molecule has 30 heavy (non-hydrogen) atoms. The number of rotatable bonds is 3. The highest BCUT2D eigenvalue weighted by Gasteiger charge is 2.14. The van der Waals surface area contributed by atoms with Gasteiger partial charge >= 0.3 is 0 Å². The molecule has 6 rings (SSSR count). The molecule has 0 unspecified atom stereocenters. The molecule has 0 fully saturated rings. The van der Waals surface area contributed by atoms with Crippen LogP contribution in [0.5, 0.6) is 0 Å². The van der Waals surface area contributed by atoms with E-state index >= 15 is 0 Å². The lowest BCUT2D eigenvalue weighted by molar-refractivity contribution is 1.10. The Hall–Kier alpha value is -4.32. The zero-order valence-corrected chi connectivity index (χ0v) is 15.9. The molecule has 6 nitrogen and oxygen atoms in total. The van der Waals surface area contributed by atoms with Crippen molar-refractivity contribution in [2.24, 2.45) is 0 Å². The van der Waals surface area contributed by atoms with Gasteiger partial charge in [0.1, 0.15) is 0 Å². The van der Waals surface area contributed by atoms with Gasteiger partial charge in [0, 0.05) is 64.0 Å². The van der Waals surface area contributed by atoms with Crippen molar-refractivity contribution in [3.8, 4) is 33.6 Å². The fourth-order valence-corrected chi connectivity index (χ4v) is 3.86. The van der Waals surface area contributed by atoms with Crippen molar-refractivity contribution in [1.82, 2.24) is 30.1 Å². The topological polar surface area (TPSA) is 83.1 Å². The fraction of sp³-hybridized carbons (Fsp3) is 0. The second-order valence-electron chi connectivity index (χ2n) is 7.13. The number of benzene rings is 1. The van der Waals surface area contributed by atoms with Crippen LogP contribution in [0.15, 0.2) is 85.6 Å². The van der Waals surface area contributed by atoms with Crippen LogP contribution in [0.2, 0.25) is 0 Å². The van der Waals surface area contributed by atoms with Crippen molar-refractivity contribution < 1.29 is 0 Å². The summed E-state index contributed by atoms with van der Waals surface area (Å²) in [6.45, 7) is 0. The SMILES string of the molecule is c1cncc(-c2cnc3n[nH]c(-c4cc5c(-c6cccnc6)cccc5[nH]4)c3c2)c1. The van der Waals surface area contributed by atoms with E-state index in [1.807, 2.05) is 36.8 Å². The Morgan fingerprint density at radius 3 is 2.33 bits per heavy atom. The maximum atomic E-state index is 4.53. The monoisotopic (exact) mass is 388 g/mol. The van der Waals surface area contributed by atoms with Gasteiger partial charge in [-0.15, -0.1) is 0 Å². The van der Waals surface area contributed by atoms with E-state index in [4.69, 9.17) is 0 Å². The first-order valence-corrected chi connectivity index (χ1v) is 9.64. The normalized spacial score (nSPS) is 11.3. The summed E-state index contributed by atoms with van der Waals surface area (Å²) in [5, 5.41) is 9.66. The van der Waals surface area contributed by atoms with Crippen LogP contribution in [0.25, 0.3) is 55.6 Å². The number of hydrogen-bond donors (Lipinski definition) is 2. The Bertz CT molecular complexity index is 1480. The third-order valence-electron chi connectivity index (χ3n) is 5.31. The van der Waals surface area contributed by atoms with Gasteiger partial charge in [-0.05, 0) is 35.9 Å². The molecule has 0 amide bonds. The lowest BCUT2D eigenvalue weighted by Gasteiger charge is -2.02. The predicted molar refractivity (Wildman–Crippen MR) is 118 cm³/mol. The van der Waals surface area contributed by atoms with Gasteiger partial charge in [-0.2, -0.15) is 5.10 Å². The first kappa shape index (κ1) is 16.6. The number of nitrogens with one attached hydrogen (secondary N) is 2. The Morgan fingerprint density at radius 1 is 0.700 bits per heavy atom. The summed E-state index contributed by atoms with van der Waals surface area (Å²) >= 11 is 0. The lowest BCUT2D eigenvalue weighted by atomic mass is 10.0. The summed E-state index contributed by atoms with van der Waals surface area (Å²) < 4.78 is 0. The average molecular weight is 388 g/mol. The number of nitrogens with zero attached hydrogens (tertiary/aromatic N) is 4. The molecular formula is C24H16N6. The van der Waals surface area contributed by atoms with Crippen molar-refractivity contribution in [3.63, 3.8) is 0 Å². The summed E-state index contributed by atoms with van der Waals surface area (Å²) in [6.07, 6.45) is 9.11. The van der Waals surface area contributed by atoms with E-state index in [9.17, 15) is 0 Å². The molecule has 0 aliphatic carbocycles. The quantitative estimate of drug-likeness (QED) is 0.435. The highest BCUT2D eigenvalue weighted by atomic mass is 15.2. The Kier molecular flexibility index (Phi) is 3.67. The van der Waals surface area contributed by atoms with Gasteiger partial charge in [0.05, 0.1) is 11.4 Å². The minimum Gasteiger partial charge on any atom is -0.353 e. The minimum atomic E-state index is 0.684. The fourth-order valence-electron chi connectivity index (χ4n) is 3.86. The number of aromatic amines is 2. The summed E-state index contributed by atoms with van der Waals surface area (Å²) in [5.41, 5.74) is 7.88. The van der Waals surface area contributed by atoms with E-state index in [2.05, 4.69) is 66.5 Å². The summed E-state index contributed by atoms with van der Waals surface area (Å²) in [7, 11) is 0. The molecule has 2 N–H and O–H groups in total. The van der Waals surface area contributed by atoms with Gasteiger partial charge in [0.25, 0.3) is 0 Å². The van der Waals surface area contributed by atoms with Crippen molar-refractivity contribution in [3.05, 3.63) is 85.6 Å². The van der Waals surface area contributed by atoms with Crippen LogP contribution in [-0.4, -0.2) is 30.1 Å². The number of fused-ring (bicyclic) bond motifs is 2. The van der Waals surface area contributed by atoms with E-state index < -0.39 is 0 Å². The van der Waals surface area contributed by atoms with E-state index in [0.29, 0.717) is 5.65 Å². The molecular weight excluding hydrogens is 372 g/mol. The van der Waals surface area contributed by atoms with Gasteiger partial charge in [-0.1, -0.05) is 24.3 Å². The molecule has 5 aromatic heterocycles. The average Bonchev–Trinajstić information content (AvgIpc) is 3.43. The molecule has 0 spiro atoms. The number of pyridine rings is 3. The minimum absolute atomic E-state index is 0.684. The Balaban J connectivity index is 1.52.